The fourth-order valence-electron chi connectivity index (χ4n) is 3.16. The molecule has 20 heavy (non-hydrogen) atoms. The summed E-state index contributed by atoms with van der Waals surface area (Å²) in [5.41, 5.74) is 2.13. The van der Waals surface area contributed by atoms with Crippen LogP contribution in [0.25, 0.3) is 0 Å². The average Bonchev–Trinajstić information content (AvgIpc) is 2.38. The van der Waals surface area contributed by atoms with Crippen LogP contribution in [-0.4, -0.2) is 30.5 Å². The van der Waals surface area contributed by atoms with Gasteiger partial charge in [0.15, 0.2) is 9.84 Å². The Balaban J connectivity index is 2.35. The van der Waals surface area contributed by atoms with Gasteiger partial charge >= 0.3 is 5.97 Å². The van der Waals surface area contributed by atoms with Crippen LogP contribution >= 0.6 is 0 Å². The highest BCUT2D eigenvalue weighted by Crippen LogP contribution is 2.38. The highest BCUT2D eigenvalue weighted by molar-refractivity contribution is 7.92. The summed E-state index contributed by atoms with van der Waals surface area (Å²) in [5.74, 6) is -2.10. The van der Waals surface area contributed by atoms with Crippen LogP contribution in [0.1, 0.15) is 42.7 Å². The third-order valence-corrected chi connectivity index (χ3v) is 6.21. The van der Waals surface area contributed by atoms with Crippen molar-refractivity contribution in [1.29, 1.82) is 0 Å². The normalized spacial score (nSPS) is 23.4. The summed E-state index contributed by atoms with van der Waals surface area (Å²) in [6, 6.07) is 7.79. The number of aryl methyl sites for hydroxylation is 1. The zero-order valence-electron chi connectivity index (χ0n) is 11.6. The Morgan fingerprint density at radius 1 is 1.25 bits per heavy atom. The minimum Gasteiger partial charge on any atom is -0.480 e. The summed E-state index contributed by atoms with van der Waals surface area (Å²) in [5, 5.41) is 8.25. The van der Waals surface area contributed by atoms with E-state index in [4.69, 9.17) is 5.11 Å². The lowest BCUT2D eigenvalue weighted by atomic mass is 9.82. The highest BCUT2D eigenvalue weighted by atomic mass is 32.2. The molecule has 0 saturated heterocycles. The van der Waals surface area contributed by atoms with Crippen molar-refractivity contribution in [2.24, 2.45) is 0 Å². The van der Waals surface area contributed by atoms with Gasteiger partial charge in [-0.15, -0.1) is 0 Å². The Hall–Kier alpha value is -1.36. The Labute approximate surface area is 119 Å². The molecule has 2 atom stereocenters. The van der Waals surface area contributed by atoms with E-state index < -0.39 is 26.8 Å². The van der Waals surface area contributed by atoms with E-state index in [0.29, 0.717) is 6.42 Å². The molecule has 1 N–H and O–H groups in total. The van der Waals surface area contributed by atoms with E-state index in [9.17, 15) is 13.2 Å². The van der Waals surface area contributed by atoms with Crippen molar-refractivity contribution < 1.29 is 18.3 Å². The number of aliphatic carboxylic acids is 1. The van der Waals surface area contributed by atoms with E-state index >= 15 is 0 Å². The van der Waals surface area contributed by atoms with Crippen molar-refractivity contribution in [1.82, 2.24) is 0 Å². The summed E-state index contributed by atoms with van der Waals surface area (Å²) in [4.78, 5) is 10.8. The van der Waals surface area contributed by atoms with Crippen molar-refractivity contribution in [2.45, 2.75) is 43.8 Å². The first-order valence-corrected chi connectivity index (χ1v) is 8.62. The molecule has 2 rings (SSSR count). The molecule has 1 saturated carbocycles. The minimum atomic E-state index is -3.60. The number of carboxylic acids is 1. The molecular formula is C15H20O4S. The molecule has 0 radical (unpaired) electrons. The molecule has 1 aromatic carbocycles. The van der Waals surface area contributed by atoms with Crippen LogP contribution in [0, 0.1) is 6.92 Å². The van der Waals surface area contributed by atoms with E-state index in [1.165, 1.54) is 0 Å². The lowest BCUT2D eigenvalue weighted by Gasteiger charge is -2.32. The van der Waals surface area contributed by atoms with E-state index in [1.54, 1.807) is 0 Å². The number of carboxylic acid groups (broad SMARTS) is 1. The van der Waals surface area contributed by atoms with E-state index in [1.807, 2.05) is 31.2 Å². The fourth-order valence-corrected chi connectivity index (χ4v) is 5.03. The van der Waals surface area contributed by atoms with E-state index in [-0.39, 0.29) is 5.92 Å². The van der Waals surface area contributed by atoms with Gasteiger partial charge in [0.05, 0.1) is 5.25 Å². The molecule has 1 aliphatic carbocycles. The third-order valence-electron chi connectivity index (χ3n) is 4.08. The number of sulfone groups is 1. The Kier molecular flexibility index (Phi) is 4.48. The maximum absolute atomic E-state index is 12.3. The molecule has 0 aromatic heterocycles. The summed E-state index contributed by atoms with van der Waals surface area (Å²) in [6.45, 7) is 1.98. The Bertz CT molecular complexity index is 592. The van der Waals surface area contributed by atoms with Gasteiger partial charge in [0.25, 0.3) is 0 Å². The fraction of sp³-hybridized carbons (Fsp3) is 0.533. The summed E-state index contributed by atoms with van der Waals surface area (Å²) >= 11 is 0. The van der Waals surface area contributed by atoms with Crippen LogP contribution in [-0.2, 0) is 14.6 Å². The second kappa shape index (κ2) is 5.95. The van der Waals surface area contributed by atoms with Gasteiger partial charge in [-0.3, -0.25) is 4.79 Å². The number of benzene rings is 1. The molecule has 0 heterocycles. The highest BCUT2D eigenvalue weighted by Gasteiger charge is 2.37. The number of carbonyl (C=O) groups is 1. The smallest absolute Gasteiger partial charge is 0.318 e. The lowest BCUT2D eigenvalue weighted by Crippen LogP contribution is -2.35. The molecule has 1 aromatic rings. The summed E-state index contributed by atoms with van der Waals surface area (Å²) < 4.78 is 24.6. The third kappa shape index (κ3) is 3.20. The van der Waals surface area contributed by atoms with Crippen molar-refractivity contribution >= 4 is 15.8 Å². The van der Waals surface area contributed by atoms with E-state index in [0.717, 1.165) is 30.4 Å². The Morgan fingerprint density at radius 3 is 2.55 bits per heavy atom. The molecule has 1 aliphatic rings. The van der Waals surface area contributed by atoms with Gasteiger partial charge in [0, 0.05) is 5.92 Å². The predicted octanol–water partition coefficient (Wildman–Crippen LogP) is 2.52. The lowest BCUT2D eigenvalue weighted by molar-refractivity contribution is -0.134. The quantitative estimate of drug-likeness (QED) is 0.926. The van der Waals surface area contributed by atoms with Crippen LogP contribution in [0.2, 0.25) is 0 Å². The Morgan fingerprint density at radius 2 is 1.90 bits per heavy atom. The summed E-state index contributed by atoms with van der Waals surface area (Å²) in [7, 11) is -3.60. The van der Waals surface area contributed by atoms with Crippen LogP contribution in [0.15, 0.2) is 24.3 Å². The summed E-state index contributed by atoms with van der Waals surface area (Å²) in [6.07, 6.45) is 3.23. The monoisotopic (exact) mass is 296 g/mol. The van der Waals surface area contributed by atoms with Crippen molar-refractivity contribution in [2.75, 3.05) is 5.75 Å². The van der Waals surface area contributed by atoms with Gasteiger partial charge in [-0.2, -0.15) is 0 Å². The SMILES string of the molecule is Cc1ccccc1[C@@H]1CCCC[C@H]1S(=O)(=O)CC(=O)O. The van der Waals surface area contributed by atoms with Crippen molar-refractivity contribution in [3.8, 4) is 0 Å². The van der Waals surface area contributed by atoms with Gasteiger partial charge in [-0.25, -0.2) is 8.42 Å². The van der Waals surface area contributed by atoms with Crippen LogP contribution in [0.5, 0.6) is 0 Å². The topological polar surface area (TPSA) is 71.4 Å². The van der Waals surface area contributed by atoms with Gasteiger partial charge in [-0.05, 0) is 30.9 Å². The molecule has 0 unspecified atom stereocenters. The standard InChI is InChI=1S/C15H20O4S/c1-11-6-2-3-7-12(11)13-8-4-5-9-14(13)20(18,19)10-15(16)17/h2-3,6-7,13-14H,4-5,8-10H2,1H3,(H,16,17)/t13-,14+/m0/s1. The maximum Gasteiger partial charge on any atom is 0.318 e. The second-order valence-electron chi connectivity index (χ2n) is 5.49. The number of hydrogen-bond donors (Lipinski definition) is 1. The molecular weight excluding hydrogens is 276 g/mol. The molecule has 0 amide bonds. The number of rotatable bonds is 4. The van der Waals surface area contributed by atoms with E-state index in [2.05, 4.69) is 0 Å². The molecule has 1 fully saturated rings. The molecule has 4 nitrogen and oxygen atoms in total. The molecule has 5 heteroatoms. The maximum atomic E-state index is 12.3. The van der Waals surface area contributed by atoms with Crippen LogP contribution < -0.4 is 0 Å². The first kappa shape index (κ1) is 15.0. The molecule has 0 aliphatic heterocycles. The molecule has 110 valence electrons. The van der Waals surface area contributed by atoms with Crippen molar-refractivity contribution in [3.63, 3.8) is 0 Å². The van der Waals surface area contributed by atoms with Crippen molar-refractivity contribution in [3.05, 3.63) is 35.4 Å². The zero-order valence-corrected chi connectivity index (χ0v) is 12.4. The van der Waals surface area contributed by atoms with Gasteiger partial charge in [-0.1, -0.05) is 37.1 Å². The number of hydrogen-bond acceptors (Lipinski definition) is 3. The van der Waals surface area contributed by atoms with Gasteiger partial charge < -0.3 is 5.11 Å². The first-order chi connectivity index (χ1) is 9.42. The van der Waals surface area contributed by atoms with Crippen LogP contribution in [0.3, 0.4) is 0 Å². The minimum absolute atomic E-state index is 0.0747. The average molecular weight is 296 g/mol. The second-order valence-corrected chi connectivity index (χ2v) is 7.71. The van der Waals surface area contributed by atoms with Gasteiger partial charge in [0.2, 0.25) is 0 Å². The van der Waals surface area contributed by atoms with Crippen LogP contribution in [0.4, 0.5) is 0 Å². The molecule has 0 spiro atoms. The van der Waals surface area contributed by atoms with Gasteiger partial charge in [0.1, 0.15) is 5.75 Å². The zero-order chi connectivity index (χ0) is 14.8. The predicted molar refractivity (Wildman–Crippen MR) is 77.6 cm³/mol. The first-order valence-electron chi connectivity index (χ1n) is 6.90. The largest absolute Gasteiger partial charge is 0.480 e. The molecule has 0 bridgehead atoms.